The number of hydrogen-bond acceptors (Lipinski definition) is 6. The highest BCUT2D eigenvalue weighted by atomic mass is 79.9. The summed E-state index contributed by atoms with van der Waals surface area (Å²) in [6.07, 6.45) is 1.39. The molecule has 0 fully saturated rings. The van der Waals surface area contributed by atoms with Crippen molar-refractivity contribution in [3.05, 3.63) is 91.4 Å². The molecule has 0 unspecified atom stereocenters. The van der Waals surface area contributed by atoms with Crippen molar-refractivity contribution in [3.8, 4) is 17.4 Å². The second kappa shape index (κ2) is 12.7. The predicted molar refractivity (Wildman–Crippen MR) is 175 cm³/mol. The summed E-state index contributed by atoms with van der Waals surface area (Å²) in [7, 11) is 0. The van der Waals surface area contributed by atoms with Crippen molar-refractivity contribution in [1.29, 1.82) is 0 Å². The number of benzene rings is 3. The van der Waals surface area contributed by atoms with Crippen LogP contribution in [0, 0.1) is 0 Å². The summed E-state index contributed by atoms with van der Waals surface area (Å²) >= 11 is 10.8. The molecule has 1 amide bonds. The van der Waals surface area contributed by atoms with Gasteiger partial charge in [0.05, 0.1) is 20.9 Å². The molecule has 42 heavy (non-hydrogen) atoms. The monoisotopic (exact) mass is 758 g/mol. The lowest BCUT2D eigenvalue weighted by Crippen LogP contribution is -2.46. The van der Waals surface area contributed by atoms with Crippen LogP contribution in [0.1, 0.15) is 29.8 Å². The maximum absolute atomic E-state index is 11.2. The number of nitrogens with one attached hydrogen (secondary N) is 2. The van der Waals surface area contributed by atoms with E-state index < -0.39 is 12.0 Å². The summed E-state index contributed by atoms with van der Waals surface area (Å²) in [5.41, 5.74) is 8.33. The number of aromatic nitrogens is 2. The summed E-state index contributed by atoms with van der Waals surface area (Å²) in [5.74, 6) is 1.15. The van der Waals surface area contributed by atoms with Crippen molar-refractivity contribution in [2.45, 2.75) is 31.9 Å². The lowest BCUT2D eigenvalue weighted by atomic mass is 9.94. The Morgan fingerprint density at radius 1 is 1.07 bits per heavy atom. The molecule has 0 saturated carbocycles. The molecule has 0 aliphatic carbocycles. The Bertz CT molecular complexity index is 1740. The van der Waals surface area contributed by atoms with Crippen LogP contribution in [0.5, 0.6) is 17.4 Å². The van der Waals surface area contributed by atoms with Gasteiger partial charge in [-0.25, -0.2) is 4.98 Å². The van der Waals surface area contributed by atoms with E-state index in [1.807, 2.05) is 42.5 Å². The van der Waals surface area contributed by atoms with Gasteiger partial charge < -0.3 is 30.6 Å². The minimum Gasteiger partial charge on any atom is -0.489 e. The van der Waals surface area contributed by atoms with Crippen molar-refractivity contribution in [3.63, 3.8) is 0 Å². The van der Waals surface area contributed by atoms with E-state index in [-0.39, 0.29) is 12.1 Å². The van der Waals surface area contributed by atoms with Gasteiger partial charge in [0.15, 0.2) is 0 Å². The first-order valence-electron chi connectivity index (χ1n) is 13.2. The molecule has 5 aromatic rings. The van der Waals surface area contributed by atoms with E-state index >= 15 is 0 Å². The van der Waals surface area contributed by atoms with Crippen LogP contribution in [0.15, 0.2) is 80.3 Å². The van der Waals surface area contributed by atoms with Crippen molar-refractivity contribution < 1.29 is 19.4 Å². The number of aromatic amines is 1. The van der Waals surface area contributed by atoms with E-state index in [0.717, 1.165) is 47.2 Å². The lowest BCUT2D eigenvalue weighted by Gasteiger charge is -2.28. The quantitative estimate of drug-likeness (QED) is 0.113. The molecule has 0 spiro atoms. The van der Waals surface area contributed by atoms with Gasteiger partial charge in [0.1, 0.15) is 24.2 Å². The molecule has 1 atom stereocenters. The molecule has 0 aliphatic rings. The smallest absolute Gasteiger partial charge is 0.250 e. The van der Waals surface area contributed by atoms with E-state index in [2.05, 4.69) is 83.0 Å². The molecule has 2 aromatic heterocycles. The van der Waals surface area contributed by atoms with Gasteiger partial charge in [-0.2, -0.15) is 0 Å². The highest BCUT2D eigenvalue weighted by Crippen LogP contribution is 2.43. The van der Waals surface area contributed by atoms with E-state index in [1.54, 1.807) is 12.1 Å². The molecule has 8 nitrogen and oxygen atoms in total. The highest BCUT2D eigenvalue weighted by Gasteiger charge is 2.21. The number of β-amino-alcohol motifs (C(OH)–C–C–N with tert-alkyl or cyclic N) is 1. The zero-order valence-corrected chi connectivity index (χ0v) is 27.6. The Kier molecular flexibility index (Phi) is 9.24. The number of aliphatic hydroxyl groups is 1. The second-order valence-corrected chi connectivity index (χ2v) is 13.3. The van der Waals surface area contributed by atoms with E-state index in [9.17, 15) is 9.90 Å². The number of hydrogen-bond donors (Lipinski definition) is 4. The standard InChI is InChI=1S/C31H29Br3N4O4/c1-31(2,13-17-3-7-21(8-4-17)42-26-10-5-18(14-36-26)30(35)40)37-15-20(39)16-41-29-24(34)12-23(33)28-27(29)22-11-19(32)6-9-25(22)38-28/h3-12,14,20,37-39H,13,15-16H2,1-2H3,(H2,35,40)/t20-/m0/s1. The molecule has 218 valence electrons. The van der Waals surface area contributed by atoms with Gasteiger partial charge in [-0.1, -0.05) is 28.1 Å². The Morgan fingerprint density at radius 2 is 1.83 bits per heavy atom. The van der Waals surface area contributed by atoms with Gasteiger partial charge in [0.2, 0.25) is 11.8 Å². The molecular formula is C31H29Br3N4O4. The Morgan fingerprint density at radius 3 is 2.52 bits per heavy atom. The average Bonchev–Trinajstić information content (AvgIpc) is 3.32. The largest absolute Gasteiger partial charge is 0.489 e. The van der Waals surface area contributed by atoms with Crippen LogP contribution in [-0.2, 0) is 6.42 Å². The predicted octanol–water partition coefficient (Wildman–Crippen LogP) is 7.25. The molecule has 0 saturated heterocycles. The van der Waals surface area contributed by atoms with Crippen molar-refractivity contribution >= 4 is 75.5 Å². The summed E-state index contributed by atoms with van der Waals surface area (Å²) in [5, 5.41) is 16.2. The number of aliphatic hydroxyl groups excluding tert-OH is 1. The summed E-state index contributed by atoms with van der Waals surface area (Å²) in [6, 6.07) is 18.9. The van der Waals surface area contributed by atoms with E-state index in [1.165, 1.54) is 6.20 Å². The SMILES string of the molecule is CC(C)(Cc1ccc(Oc2ccc(C(N)=O)cn2)cc1)NC[C@H](O)COc1c(Br)cc(Br)c2[nH]c3ccc(Br)cc3c12. The summed E-state index contributed by atoms with van der Waals surface area (Å²) in [4.78, 5) is 18.8. The number of primary amides is 1. The van der Waals surface area contributed by atoms with Gasteiger partial charge in [-0.3, -0.25) is 4.79 Å². The Labute approximate surface area is 268 Å². The highest BCUT2D eigenvalue weighted by molar-refractivity contribution is 9.11. The molecule has 3 aromatic carbocycles. The van der Waals surface area contributed by atoms with Gasteiger partial charge in [-0.05, 0) is 100 Å². The molecule has 11 heteroatoms. The normalized spacial score (nSPS) is 12.5. The maximum atomic E-state index is 11.2. The van der Waals surface area contributed by atoms with Crippen molar-refractivity contribution in [2.24, 2.45) is 5.73 Å². The number of halogens is 3. The number of pyridine rings is 1. The van der Waals surface area contributed by atoms with Gasteiger partial charge in [0, 0.05) is 44.2 Å². The minimum atomic E-state index is -0.726. The zero-order chi connectivity index (χ0) is 30.0. The summed E-state index contributed by atoms with van der Waals surface area (Å²) in [6.45, 7) is 4.67. The minimum absolute atomic E-state index is 0.125. The molecule has 0 aliphatic heterocycles. The fourth-order valence-electron chi connectivity index (χ4n) is 4.68. The fraction of sp³-hybridized carbons (Fsp3) is 0.226. The van der Waals surface area contributed by atoms with Gasteiger partial charge >= 0.3 is 0 Å². The number of nitrogens with zero attached hydrogens (tertiary/aromatic N) is 1. The van der Waals surface area contributed by atoms with Crippen LogP contribution in [0.2, 0.25) is 0 Å². The lowest BCUT2D eigenvalue weighted by molar-refractivity contribution is 0.0992. The topological polar surface area (TPSA) is 122 Å². The molecule has 5 N–H and O–H groups in total. The number of H-pyrrole nitrogens is 1. The fourth-order valence-corrected chi connectivity index (χ4v) is 6.41. The van der Waals surface area contributed by atoms with Gasteiger partial charge in [0.25, 0.3) is 0 Å². The van der Waals surface area contributed by atoms with Crippen LogP contribution < -0.4 is 20.5 Å². The Hall–Kier alpha value is -2.96. The van der Waals surface area contributed by atoms with Crippen molar-refractivity contribution in [2.75, 3.05) is 13.2 Å². The molecule has 5 rings (SSSR count). The van der Waals surface area contributed by atoms with Crippen LogP contribution in [0.25, 0.3) is 21.8 Å². The number of fused-ring (bicyclic) bond motifs is 3. The van der Waals surface area contributed by atoms with E-state index in [4.69, 9.17) is 15.2 Å². The van der Waals surface area contributed by atoms with Crippen LogP contribution >= 0.6 is 47.8 Å². The van der Waals surface area contributed by atoms with Crippen molar-refractivity contribution in [1.82, 2.24) is 15.3 Å². The van der Waals surface area contributed by atoms with Crippen LogP contribution in [0.4, 0.5) is 0 Å². The number of amides is 1. The van der Waals surface area contributed by atoms with Gasteiger partial charge in [-0.15, -0.1) is 0 Å². The first-order valence-corrected chi connectivity index (χ1v) is 15.5. The third-order valence-corrected chi connectivity index (χ3v) is 8.45. The molecular weight excluding hydrogens is 732 g/mol. The second-order valence-electron chi connectivity index (χ2n) is 10.6. The first-order chi connectivity index (χ1) is 20.0. The maximum Gasteiger partial charge on any atom is 0.250 e. The number of carbonyl (C=O) groups is 1. The summed E-state index contributed by atoms with van der Waals surface area (Å²) < 4.78 is 14.7. The number of nitrogens with two attached hydrogens (primary N) is 1. The number of carbonyl (C=O) groups excluding carboxylic acids is 1. The number of ether oxygens (including phenoxy) is 2. The average molecular weight is 761 g/mol. The number of rotatable bonds is 11. The third kappa shape index (κ3) is 7.15. The third-order valence-electron chi connectivity index (χ3n) is 6.75. The molecule has 2 heterocycles. The van der Waals surface area contributed by atoms with E-state index in [0.29, 0.717) is 29.5 Å². The molecule has 0 bridgehead atoms. The van der Waals surface area contributed by atoms with Crippen LogP contribution in [0.3, 0.4) is 0 Å². The first kappa shape index (κ1) is 30.5. The molecule has 0 radical (unpaired) electrons. The Balaban J connectivity index is 1.17. The van der Waals surface area contributed by atoms with Crippen LogP contribution in [-0.4, -0.2) is 45.8 Å². The zero-order valence-electron chi connectivity index (χ0n) is 22.9.